The summed E-state index contributed by atoms with van der Waals surface area (Å²) in [5, 5.41) is 9.93. The number of aliphatic hydroxyl groups is 1. The second-order valence-corrected chi connectivity index (χ2v) is 6.25. The monoisotopic (exact) mass is 286 g/mol. The first-order valence-electron chi connectivity index (χ1n) is 7.17. The summed E-state index contributed by atoms with van der Waals surface area (Å²) in [6.45, 7) is 3.34. The van der Waals surface area contributed by atoms with E-state index < -0.39 is 23.0 Å². The van der Waals surface area contributed by atoms with Crippen molar-refractivity contribution in [1.82, 2.24) is 0 Å². The molecule has 1 fully saturated rings. The normalized spacial score (nSPS) is 17.1. The molecule has 1 N–H and O–H groups in total. The maximum atomic E-state index is 12.3. The number of ether oxygens (including phenoxy) is 2. The molecule has 0 aromatic rings. The molecule has 0 spiro atoms. The minimum absolute atomic E-state index is 0.0650. The SMILES string of the molecule is COC(=O)C(CCC(C)(C)O)(C(=O)OC)C1CCCC1. The molecule has 0 aromatic heterocycles. The molecule has 20 heavy (non-hydrogen) atoms. The van der Waals surface area contributed by atoms with Gasteiger partial charge in [-0.05, 0) is 45.4 Å². The van der Waals surface area contributed by atoms with Crippen molar-refractivity contribution in [2.45, 2.75) is 58.0 Å². The van der Waals surface area contributed by atoms with Crippen LogP contribution in [0.3, 0.4) is 0 Å². The molecule has 0 unspecified atom stereocenters. The molecule has 0 aromatic carbocycles. The fourth-order valence-electron chi connectivity index (χ4n) is 3.11. The fraction of sp³-hybridized carbons (Fsp3) is 0.867. The number of carbonyl (C=O) groups excluding carboxylic acids is 2. The van der Waals surface area contributed by atoms with Gasteiger partial charge in [-0.1, -0.05) is 12.8 Å². The maximum Gasteiger partial charge on any atom is 0.323 e. The van der Waals surface area contributed by atoms with Gasteiger partial charge < -0.3 is 14.6 Å². The quantitative estimate of drug-likeness (QED) is 0.597. The van der Waals surface area contributed by atoms with E-state index in [-0.39, 0.29) is 12.3 Å². The first kappa shape index (κ1) is 17.0. The Hall–Kier alpha value is -1.10. The largest absolute Gasteiger partial charge is 0.468 e. The molecule has 0 saturated heterocycles. The van der Waals surface area contributed by atoms with Crippen LogP contribution in [-0.2, 0) is 19.1 Å². The fourth-order valence-corrected chi connectivity index (χ4v) is 3.11. The molecule has 116 valence electrons. The topological polar surface area (TPSA) is 72.8 Å². The highest BCUT2D eigenvalue weighted by molar-refractivity contribution is 6.00. The minimum Gasteiger partial charge on any atom is -0.468 e. The highest BCUT2D eigenvalue weighted by Gasteiger charge is 2.54. The van der Waals surface area contributed by atoms with E-state index in [0.29, 0.717) is 6.42 Å². The van der Waals surface area contributed by atoms with Crippen molar-refractivity contribution in [3.05, 3.63) is 0 Å². The molecule has 1 rings (SSSR count). The van der Waals surface area contributed by atoms with Gasteiger partial charge in [-0.3, -0.25) is 9.59 Å². The van der Waals surface area contributed by atoms with Gasteiger partial charge in [-0.15, -0.1) is 0 Å². The average molecular weight is 286 g/mol. The third-order valence-corrected chi connectivity index (χ3v) is 4.28. The number of hydrogen-bond donors (Lipinski definition) is 1. The van der Waals surface area contributed by atoms with Gasteiger partial charge in [0.1, 0.15) is 0 Å². The van der Waals surface area contributed by atoms with Crippen LogP contribution in [0.2, 0.25) is 0 Å². The molecular weight excluding hydrogens is 260 g/mol. The maximum absolute atomic E-state index is 12.3. The van der Waals surface area contributed by atoms with Crippen molar-refractivity contribution in [3.63, 3.8) is 0 Å². The summed E-state index contributed by atoms with van der Waals surface area (Å²) in [5.74, 6) is -1.15. The van der Waals surface area contributed by atoms with Gasteiger partial charge >= 0.3 is 11.9 Å². The molecule has 1 aliphatic rings. The van der Waals surface area contributed by atoms with Gasteiger partial charge in [-0.25, -0.2) is 0 Å². The van der Waals surface area contributed by atoms with E-state index in [9.17, 15) is 14.7 Å². The van der Waals surface area contributed by atoms with Gasteiger partial charge in [0, 0.05) is 0 Å². The second kappa shape index (κ2) is 6.57. The molecule has 5 nitrogen and oxygen atoms in total. The van der Waals surface area contributed by atoms with Crippen LogP contribution < -0.4 is 0 Å². The zero-order valence-electron chi connectivity index (χ0n) is 12.9. The number of methoxy groups -OCH3 is 2. The number of rotatable bonds is 6. The van der Waals surface area contributed by atoms with Crippen molar-refractivity contribution in [2.75, 3.05) is 14.2 Å². The highest BCUT2D eigenvalue weighted by atomic mass is 16.5. The molecular formula is C15H26O5. The van der Waals surface area contributed by atoms with Crippen molar-refractivity contribution in [3.8, 4) is 0 Å². The van der Waals surface area contributed by atoms with Crippen LogP contribution in [0.1, 0.15) is 52.4 Å². The van der Waals surface area contributed by atoms with E-state index in [1.165, 1.54) is 14.2 Å². The predicted molar refractivity (Wildman–Crippen MR) is 74.0 cm³/mol. The van der Waals surface area contributed by atoms with E-state index >= 15 is 0 Å². The van der Waals surface area contributed by atoms with Crippen molar-refractivity contribution in [2.24, 2.45) is 11.3 Å². The van der Waals surface area contributed by atoms with Crippen LogP contribution >= 0.6 is 0 Å². The summed E-state index contributed by atoms with van der Waals surface area (Å²) in [4.78, 5) is 24.7. The number of esters is 2. The number of carbonyl (C=O) groups is 2. The lowest BCUT2D eigenvalue weighted by Gasteiger charge is -2.35. The number of hydrogen-bond acceptors (Lipinski definition) is 5. The van der Waals surface area contributed by atoms with Gasteiger partial charge in [0.15, 0.2) is 5.41 Å². The molecule has 0 radical (unpaired) electrons. The van der Waals surface area contributed by atoms with E-state index in [2.05, 4.69) is 0 Å². The molecule has 0 bridgehead atoms. The van der Waals surface area contributed by atoms with Crippen LogP contribution in [-0.4, -0.2) is 36.9 Å². The molecule has 1 aliphatic carbocycles. The van der Waals surface area contributed by atoms with Gasteiger partial charge in [0.2, 0.25) is 0 Å². The van der Waals surface area contributed by atoms with Crippen LogP contribution in [0.4, 0.5) is 0 Å². The summed E-state index contributed by atoms with van der Waals surface area (Å²) >= 11 is 0. The Balaban J connectivity index is 3.11. The summed E-state index contributed by atoms with van der Waals surface area (Å²) < 4.78 is 9.79. The van der Waals surface area contributed by atoms with Crippen LogP contribution in [0, 0.1) is 11.3 Å². The Morgan fingerprint density at radius 3 is 1.85 bits per heavy atom. The summed E-state index contributed by atoms with van der Waals surface area (Å²) in [5.41, 5.74) is -2.22. The Kier molecular flexibility index (Phi) is 5.57. The van der Waals surface area contributed by atoms with Gasteiger partial charge in [0.05, 0.1) is 19.8 Å². The van der Waals surface area contributed by atoms with Gasteiger partial charge in [-0.2, -0.15) is 0 Å². The third kappa shape index (κ3) is 3.51. The van der Waals surface area contributed by atoms with Crippen molar-refractivity contribution >= 4 is 11.9 Å². The van der Waals surface area contributed by atoms with Gasteiger partial charge in [0.25, 0.3) is 0 Å². The summed E-state index contributed by atoms with van der Waals surface area (Å²) in [6, 6.07) is 0. The van der Waals surface area contributed by atoms with Crippen molar-refractivity contribution < 1.29 is 24.2 Å². The Morgan fingerprint density at radius 2 is 1.50 bits per heavy atom. The molecule has 0 heterocycles. The minimum atomic E-state index is -1.28. The molecule has 0 atom stereocenters. The van der Waals surface area contributed by atoms with Crippen molar-refractivity contribution in [1.29, 1.82) is 0 Å². The first-order valence-corrected chi connectivity index (χ1v) is 7.17. The van der Waals surface area contributed by atoms with Crippen LogP contribution in [0.5, 0.6) is 0 Å². The van der Waals surface area contributed by atoms with E-state index in [4.69, 9.17) is 9.47 Å². The lowest BCUT2D eigenvalue weighted by Crippen LogP contribution is -2.47. The lowest BCUT2D eigenvalue weighted by atomic mass is 9.69. The predicted octanol–water partition coefficient (Wildman–Crippen LogP) is 2.06. The Labute approximate surface area is 120 Å². The first-order chi connectivity index (χ1) is 9.28. The molecule has 1 saturated carbocycles. The standard InChI is InChI=1S/C15H26O5/c1-14(2,18)9-10-15(12(16)19-3,13(17)20-4)11-7-5-6-8-11/h11,18H,5-10H2,1-4H3. The van der Waals surface area contributed by atoms with E-state index in [1.54, 1.807) is 13.8 Å². The zero-order valence-corrected chi connectivity index (χ0v) is 12.9. The summed E-state index contributed by atoms with van der Waals surface area (Å²) in [7, 11) is 2.58. The molecule has 0 aliphatic heterocycles. The molecule has 0 amide bonds. The lowest BCUT2D eigenvalue weighted by molar-refractivity contribution is -0.175. The van der Waals surface area contributed by atoms with E-state index in [1.807, 2.05) is 0 Å². The Bertz CT molecular complexity index is 334. The second-order valence-electron chi connectivity index (χ2n) is 6.25. The smallest absolute Gasteiger partial charge is 0.323 e. The zero-order chi connectivity index (χ0) is 15.4. The highest BCUT2D eigenvalue weighted by Crippen LogP contribution is 2.45. The third-order valence-electron chi connectivity index (χ3n) is 4.28. The van der Waals surface area contributed by atoms with Crippen LogP contribution in [0.25, 0.3) is 0 Å². The van der Waals surface area contributed by atoms with Crippen LogP contribution in [0.15, 0.2) is 0 Å². The molecule has 5 heteroatoms. The summed E-state index contributed by atoms with van der Waals surface area (Å²) in [6.07, 6.45) is 4.23. The average Bonchev–Trinajstić information content (AvgIpc) is 2.91. The van der Waals surface area contributed by atoms with E-state index in [0.717, 1.165) is 25.7 Å². The Morgan fingerprint density at radius 1 is 1.05 bits per heavy atom.